The Balaban J connectivity index is 2.76. The summed E-state index contributed by atoms with van der Waals surface area (Å²) in [6, 6.07) is 7.52. The van der Waals surface area contributed by atoms with Crippen molar-refractivity contribution in [3.05, 3.63) is 28.2 Å². The topological polar surface area (TPSA) is 33.0 Å². The maximum atomic E-state index is 8.78. The molecule has 0 amide bonds. The molecule has 0 bridgehead atoms. The van der Waals surface area contributed by atoms with Gasteiger partial charge in [-0.25, -0.2) is 0 Å². The lowest BCUT2D eigenvalue weighted by atomic mass is 10.2. The van der Waals surface area contributed by atoms with Crippen LogP contribution in [0.1, 0.15) is 19.4 Å². The average molecular weight is 254 g/mol. The molecule has 1 aromatic rings. The van der Waals surface area contributed by atoms with Crippen LogP contribution in [-0.2, 0) is 0 Å². The number of nitriles is 1. The van der Waals surface area contributed by atoms with Gasteiger partial charge in [0.2, 0.25) is 0 Å². The van der Waals surface area contributed by atoms with Crippen molar-refractivity contribution in [2.45, 2.75) is 13.8 Å². The van der Waals surface area contributed by atoms with Crippen LogP contribution in [0, 0.1) is 17.2 Å². The van der Waals surface area contributed by atoms with Crippen molar-refractivity contribution in [1.29, 1.82) is 5.26 Å². The fourth-order valence-corrected chi connectivity index (χ4v) is 1.28. The highest BCUT2D eigenvalue weighted by Gasteiger charge is 2.02. The van der Waals surface area contributed by atoms with E-state index in [-0.39, 0.29) is 0 Å². The number of benzene rings is 1. The SMILES string of the molecule is CC(C)COc1ccc(Br)c(C#N)c1. The van der Waals surface area contributed by atoms with Gasteiger partial charge in [0.05, 0.1) is 12.2 Å². The molecule has 0 atom stereocenters. The zero-order valence-electron chi connectivity index (χ0n) is 8.25. The highest BCUT2D eigenvalue weighted by Crippen LogP contribution is 2.22. The molecule has 0 aliphatic rings. The zero-order valence-corrected chi connectivity index (χ0v) is 9.84. The molecule has 74 valence electrons. The van der Waals surface area contributed by atoms with Gasteiger partial charge >= 0.3 is 0 Å². The van der Waals surface area contributed by atoms with E-state index in [1.54, 1.807) is 6.07 Å². The Bertz CT molecular complexity index is 355. The van der Waals surface area contributed by atoms with Crippen molar-refractivity contribution in [2.75, 3.05) is 6.61 Å². The Morgan fingerprint density at radius 2 is 2.21 bits per heavy atom. The minimum atomic E-state index is 0.490. The lowest BCUT2D eigenvalue weighted by Crippen LogP contribution is -2.04. The molecule has 0 saturated carbocycles. The van der Waals surface area contributed by atoms with Crippen molar-refractivity contribution < 1.29 is 4.74 Å². The van der Waals surface area contributed by atoms with Gasteiger partial charge in [-0.2, -0.15) is 5.26 Å². The van der Waals surface area contributed by atoms with Crippen molar-refractivity contribution in [1.82, 2.24) is 0 Å². The summed E-state index contributed by atoms with van der Waals surface area (Å²) in [5, 5.41) is 8.78. The van der Waals surface area contributed by atoms with E-state index in [4.69, 9.17) is 10.00 Å². The van der Waals surface area contributed by atoms with E-state index in [2.05, 4.69) is 35.8 Å². The smallest absolute Gasteiger partial charge is 0.120 e. The van der Waals surface area contributed by atoms with Crippen LogP contribution in [0.2, 0.25) is 0 Å². The molecule has 0 aliphatic heterocycles. The van der Waals surface area contributed by atoms with Crippen LogP contribution in [0.5, 0.6) is 5.75 Å². The van der Waals surface area contributed by atoms with E-state index in [0.29, 0.717) is 18.1 Å². The second-order valence-corrected chi connectivity index (χ2v) is 4.31. The van der Waals surface area contributed by atoms with Gasteiger partial charge in [-0.15, -0.1) is 0 Å². The van der Waals surface area contributed by atoms with Crippen LogP contribution in [0.15, 0.2) is 22.7 Å². The minimum absolute atomic E-state index is 0.490. The molecule has 3 heteroatoms. The third-order valence-electron chi connectivity index (χ3n) is 1.64. The maximum absolute atomic E-state index is 8.78. The number of hydrogen-bond acceptors (Lipinski definition) is 2. The first-order chi connectivity index (χ1) is 6.63. The Morgan fingerprint density at radius 3 is 2.79 bits per heavy atom. The molecule has 0 aliphatic carbocycles. The molecule has 1 rings (SSSR count). The lowest BCUT2D eigenvalue weighted by Gasteiger charge is -2.08. The first kappa shape index (κ1) is 11.1. The van der Waals surface area contributed by atoms with Crippen LogP contribution < -0.4 is 4.74 Å². The maximum Gasteiger partial charge on any atom is 0.120 e. The van der Waals surface area contributed by atoms with Crippen molar-refractivity contribution in [3.8, 4) is 11.8 Å². The predicted molar refractivity (Wildman–Crippen MR) is 59.2 cm³/mol. The third kappa shape index (κ3) is 3.04. The zero-order chi connectivity index (χ0) is 10.6. The van der Waals surface area contributed by atoms with E-state index in [1.807, 2.05) is 12.1 Å². The van der Waals surface area contributed by atoms with Crippen molar-refractivity contribution in [2.24, 2.45) is 5.92 Å². The van der Waals surface area contributed by atoms with Gasteiger partial charge in [-0.1, -0.05) is 13.8 Å². The molecule has 0 saturated heterocycles. The van der Waals surface area contributed by atoms with E-state index in [9.17, 15) is 0 Å². The molecule has 0 N–H and O–H groups in total. The first-order valence-corrected chi connectivity index (χ1v) is 5.25. The standard InChI is InChI=1S/C11H12BrNO/c1-8(2)7-14-10-3-4-11(12)9(5-10)6-13/h3-5,8H,7H2,1-2H3. The number of ether oxygens (including phenoxy) is 1. The number of nitrogens with zero attached hydrogens (tertiary/aromatic N) is 1. The Labute approximate surface area is 92.6 Å². The summed E-state index contributed by atoms with van der Waals surface area (Å²) in [7, 11) is 0. The van der Waals surface area contributed by atoms with Crippen LogP contribution in [0.25, 0.3) is 0 Å². The van der Waals surface area contributed by atoms with Gasteiger partial charge in [0, 0.05) is 4.47 Å². The second-order valence-electron chi connectivity index (χ2n) is 3.46. The Hall–Kier alpha value is -1.01. The van der Waals surface area contributed by atoms with Gasteiger partial charge < -0.3 is 4.74 Å². The average Bonchev–Trinajstić information content (AvgIpc) is 2.16. The molecule has 0 heterocycles. The normalized spacial score (nSPS) is 9.93. The van der Waals surface area contributed by atoms with Crippen LogP contribution in [0.3, 0.4) is 0 Å². The number of halogens is 1. The summed E-state index contributed by atoms with van der Waals surface area (Å²) in [6.07, 6.45) is 0. The summed E-state index contributed by atoms with van der Waals surface area (Å²) in [5.41, 5.74) is 0.603. The van der Waals surface area contributed by atoms with Crippen molar-refractivity contribution >= 4 is 15.9 Å². The molecule has 0 unspecified atom stereocenters. The summed E-state index contributed by atoms with van der Waals surface area (Å²) in [4.78, 5) is 0. The molecule has 1 aromatic carbocycles. The van der Waals surface area contributed by atoms with E-state index in [0.717, 1.165) is 10.2 Å². The molecular formula is C11H12BrNO. The summed E-state index contributed by atoms with van der Waals surface area (Å²) >= 11 is 3.29. The van der Waals surface area contributed by atoms with Gasteiger partial charge in [0.1, 0.15) is 11.8 Å². The van der Waals surface area contributed by atoms with Gasteiger partial charge in [-0.3, -0.25) is 0 Å². The highest BCUT2D eigenvalue weighted by molar-refractivity contribution is 9.10. The molecule has 2 nitrogen and oxygen atoms in total. The predicted octanol–water partition coefficient (Wildman–Crippen LogP) is 3.36. The molecule has 0 radical (unpaired) electrons. The van der Waals surface area contributed by atoms with E-state index < -0.39 is 0 Å². The third-order valence-corrected chi connectivity index (χ3v) is 2.33. The molecule has 0 fully saturated rings. The van der Waals surface area contributed by atoms with Gasteiger partial charge in [0.25, 0.3) is 0 Å². The number of hydrogen-bond donors (Lipinski definition) is 0. The molecule has 0 aromatic heterocycles. The minimum Gasteiger partial charge on any atom is -0.493 e. The Kier molecular flexibility index (Phi) is 3.97. The summed E-state index contributed by atoms with van der Waals surface area (Å²) in [5.74, 6) is 1.24. The highest BCUT2D eigenvalue weighted by atomic mass is 79.9. The quantitative estimate of drug-likeness (QED) is 0.828. The van der Waals surface area contributed by atoms with Crippen LogP contribution in [-0.4, -0.2) is 6.61 Å². The van der Waals surface area contributed by atoms with Gasteiger partial charge in [-0.05, 0) is 40.0 Å². The second kappa shape index (κ2) is 5.02. The lowest BCUT2D eigenvalue weighted by molar-refractivity contribution is 0.271. The fraction of sp³-hybridized carbons (Fsp3) is 0.364. The van der Waals surface area contributed by atoms with E-state index in [1.165, 1.54) is 0 Å². The van der Waals surface area contributed by atoms with Gasteiger partial charge in [0.15, 0.2) is 0 Å². The fourth-order valence-electron chi connectivity index (χ4n) is 0.943. The van der Waals surface area contributed by atoms with Crippen LogP contribution >= 0.6 is 15.9 Å². The van der Waals surface area contributed by atoms with E-state index >= 15 is 0 Å². The van der Waals surface area contributed by atoms with Crippen molar-refractivity contribution in [3.63, 3.8) is 0 Å². The summed E-state index contributed by atoms with van der Waals surface area (Å²) < 4.78 is 6.30. The Morgan fingerprint density at radius 1 is 1.50 bits per heavy atom. The molecule has 14 heavy (non-hydrogen) atoms. The first-order valence-electron chi connectivity index (χ1n) is 4.46. The summed E-state index contributed by atoms with van der Waals surface area (Å²) in [6.45, 7) is 4.85. The number of rotatable bonds is 3. The molecular weight excluding hydrogens is 242 g/mol. The van der Waals surface area contributed by atoms with Crippen LogP contribution in [0.4, 0.5) is 0 Å². The largest absolute Gasteiger partial charge is 0.493 e. The monoisotopic (exact) mass is 253 g/mol. The molecule has 0 spiro atoms.